The largest absolute Gasteiger partial charge is 0.497 e. The fourth-order valence-electron chi connectivity index (χ4n) is 2.86. The lowest BCUT2D eigenvalue weighted by Gasteiger charge is -2.25. The summed E-state index contributed by atoms with van der Waals surface area (Å²) in [4.78, 5) is 18.6. The SMILES string of the molecule is COc1cccc(C2CCCN2C(=O)c2cccnc2)c1. The highest BCUT2D eigenvalue weighted by Crippen LogP contribution is 2.34. The zero-order valence-corrected chi connectivity index (χ0v) is 12.0. The molecule has 0 bridgehead atoms. The molecule has 1 aromatic carbocycles. The topological polar surface area (TPSA) is 42.4 Å². The van der Waals surface area contributed by atoms with Gasteiger partial charge in [0.15, 0.2) is 0 Å². The van der Waals surface area contributed by atoms with Gasteiger partial charge in [-0.2, -0.15) is 0 Å². The number of amides is 1. The highest BCUT2D eigenvalue weighted by Gasteiger charge is 2.30. The Balaban J connectivity index is 1.87. The van der Waals surface area contributed by atoms with Gasteiger partial charge in [-0.25, -0.2) is 0 Å². The summed E-state index contributed by atoms with van der Waals surface area (Å²) in [7, 11) is 1.66. The monoisotopic (exact) mass is 282 g/mol. The fourth-order valence-corrected chi connectivity index (χ4v) is 2.86. The summed E-state index contributed by atoms with van der Waals surface area (Å²) in [6.45, 7) is 0.787. The Morgan fingerprint density at radius 2 is 2.24 bits per heavy atom. The maximum Gasteiger partial charge on any atom is 0.255 e. The van der Waals surface area contributed by atoms with E-state index in [2.05, 4.69) is 11.1 Å². The summed E-state index contributed by atoms with van der Waals surface area (Å²) in [5, 5.41) is 0. The van der Waals surface area contributed by atoms with Gasteiger partial charge < -0.3 is 9.64 Å². The van der Waals surface area contributed by atoms with Crippen molar-refractivity contribution in [2.75, 3.05) is 13.7 Å². The van der Waals surface area contributed by atoms with E-state index in [1.165, 1.54) is 0 Å². The Labute approximate surface area is 124 Å². The van der Waals surface area contributed by atoms with Gasteiger partial charge in [0, 0.05) is 18.9 Å². The van der Waals surface area contributed by atoms with Crippen molar-refractivity contribution >= 4 is 5.91 Å². The number of benzene rings is 1. The van der Waals surface area contributed by atoms with Crippen LogP contribution in [0.15, 0.2) is 48.8 Å². The van der Waals surface area contributed by atoms with Gasteiger partial charge in [-0.3, -0.25) is 9.78 Å². The third-order valence-corrected chi connectivity index (χ3v) is 3.90. The predicted octanol–water partition coefficient (Wildman–Crippen LogP) is 3.07. The lowest BCUT2D eigenvalue weighted by atomic mass is 10.0. The summed E-state index contributed by atoms with van der Waals surface area (Å²) in [5.41, 5.74) is 1.77. The molecule has 1 aliphatic heterocycles. The van der Waals surface area contributed by atoms with Crippen molar-refractivity contribution in [3.05, 3.63) is 59.9 Å². The second-order valence-corrected chi connectivity index (χ2v) is 5.17. The number of nitrogens with zero attached hydrogens (tertiary/aromatic N) is 2. The van der Waals surface area contributed by atoms with Gasteiger partial charge in [0.05, 0.1) is 18.7 Å². The van der Waals surface area contributed by atoms with Crippen LogP contribution in [0.4, 0.5) is 0 Å². The van der Waals surface area contributed by atoms with E-state index in [0.717, 1.165) is 30.7 Å². The van der Waals surface area contributed by atoms with Gasteiger partial charge in [-0.1, -0.05) is 12.1 Å². The third kappa shape index (κ3) is 2.75. The van der Waals surface area contributed by atoms with Crippen molar-refractivity contribution in [3.8, 4) is 5.75 Å². The first kappa shape index (κ1) is 13.6. The summed E-state index contributed by atoms with van der Waals surface area (Å²) in [6.07, 6.45) is 5.32. The lowest BCUT2D eigenvalue weighted by Crippen LogP contribution is -2.30. The van der Waals surface area contributed by atoms with E-state index in [0.29, 0.717) is 5.56 Å². The molecule has 3 rings (SSSR count). The molecule has 1 saturated heterocycles. The van der Waals surface area contributed by atoms with Crippen molar-refractivity contribution in [2.24, 2.45) is 0 Å². The molecule has 1 amide bonds. The number of carbonyl (C=O) groups is 1. The molecule has 0 saturated carbocycles. The molecule has 1 aromatic heterocycles. The summed E-state index contributed by atoms with van der Waals surface area (Å²) in [6, 6.07) is 11.7. The minimum absolute atomic E-state index is 0.0495. The Morgan fingerprint density at radius 3 is 3.00 bits per heavy atom. The minimum Gasteiger partial charge on any atom is -0.497 e. The summed E-state index contributed by atoms with van der Waals surface area (Å²) in [5.74, 6) is 0.876. The van der Waals surface area contributed by atoms with Crippen LogP contribution in [0.25, 0.3) is 0 Å². The number of pyridine rings is 1. The van der Waals surface area contributed by atoms with Crippen LogP contribution in [0.5, 0.6) is 5.75 Å². The van der Waals surface area contributed by atoms with Gasteiger partial charge >= 0.3 is 0 Å². The number of hydrogen-bond donors (Lipinski definition) is 0. The number of ether oxygens (including phenoxy) is 1. The molecular formula is C17H18N2O2. The van der Waals surface area contributed by atoms with Crippen LogP contribution in [0, 0.1) is 0 Å². The van der Waals surface area contributed by atoms with Crippen LogP contribution in [0.2, 0.25) is 0 Å². The predicted molar refractivity (Wildman–Crippen MR) is 80.2 cm³/mol. The maximum absolute atomic E-state index is 12.6. The van der Waals surface area contributed by atoms with Crippen LogP contribution < -0.4 is 4.74 Å². The molecule has 4 heteroatoms. The van der Waals surface area contributed by atoms with Crippen LogP contribution >= 0.6 is 0 Å². The number of hydrogen-bond acceptors (Lipinski definition) is 3. The molecule has 1 fully saturated rings. The molecule has 1 aliphatic rings. The van der Waals surface area contributed by atoms with Crippen molar-refractivity contribution < 1.29 is 9.53 Å². The lowest BCUT2D eigenvalue weighted by molar-refractivity contribution is 0.0735. The van der Waals surface area contributed by atoms with Crippen molar-refractivity contribution in [3.63, 3.8) is 0 Å². The van der Waals surface area contributed by atoms with E-state index in [4.69, 9.17) is 4.74 Å². The fraction of sp³-hybridized carbons (Fsp3) is 0.294. The highest BCUT2D eigenvalue weighted by molar-refractivity contribution is 5.94. The van der Waals surface area contributed by atoms with Gasteiger partial charge in [0.2, 0.25) is 0 Å². The van der Waals surface area contributed by atoms with Crippen LogP contribution in [-0.4, -0.2) is 29.4 Å². The van der Waals surface area contributed by atoms with Gasteiger partial charge in [0.25, 0.3) is 5.91 Å². The van der Waals surface area contributed by atoms with Gasteiger partial charge in [-0.05, 0) is 42.7 Å². The number of likely N-dealkylation sites (tertiary alicyclic amines) is 1. The Bertz CT molecular complexity index is 628. The van der Waals surface area contributed by atoms with Crippen molar-refractivity contribution in [1.82, 2.24) is 9.88 Å². The Kier molecular flexibility index (Phi) is 3.86. The van der Waals surface area contributed by atoms with Crippen molar-refractivity contribution in [1.29, 1.82) is 0 Å². The Morgan fingerprint density at radius 1 is 1.33 bits per heavy atom. The molecule has 4 nitrogen and oxygen atoms in total. The number of methoxy groups -OCH3 is 1. The zero-order valence-electron chi connectivity index (χ0n) is 12.0. The molecule has 0 spiro atoms. The summed E-state index contributed by atoms with van der Waals surface area (Å²) >= 11 is 0. The van der Waals surface area contributed by atoms with E-state index in [9.17, 15) is 4.79 Å². The normalized spacial score (nSPS) is 17.8. The number of carbonyl (C=O) groups excluding carboxylic acids is 1. The van der Waals surface area contributed by atoms with E-state index >= 15 is 0 Å². The molecule has 2 heterocycles. The molecule has 0 N–H and O–H groups in total. The van der Waals surface area contributed by atoms with E-state index in [-0.39, 0.29) is 11.9 Å². The molecule has 108 valence electrons. The first-order valence-electron chi connectivity index (χ1n) is 7.14. The maximum atomic E-state index is 12.6. The second kappa shape index (κ2) is 5.95. The Hall–Kier alpha value is -2.36. The standard InChI is InChI=1S/C17H18N2O2/c1-21-15-7-2-5-13(11-15)16-8-4-10-19(16)17(20)14-6-3-9-18-12-14/h2-3,5-7,9,11-12,16H,4,8,10H2,1H3. The zero-order chi connectivity index (χ0) is 14.7. The average molecular weight is 282 g/mol. The van der Waals surface area contributed by atoms with Gasteiger partial charge in [0.1, 0.15) is 5.75 Å². The number of aromatic nitrogens is 1. The molecule has 0 aliphatic carbocycles. The first-order valence-corrected chi connectivity index (χ1v) is 7.14. The molecule has 1 atom stereocenters. The van der Waals surface area contributed by atoms with Crippen LogP contribution in [0.3, 0.4) is 0 Å². The van der Waals surface area contributed by atoms with E-state index in [1.54, 1.807) is 25.6 Å². The van der Waals surface area contributed by atoms with E-state index < -0.39 is 0 Å². The molecule has 0 radical (unpaired) electrons. The van der Waals surface area contributed by atoms with Gasteiger partial charge in [-0.15, -0.1) is 0 Å². The van der Waals surface area contributed by atoms with E-state index in [1.807, 2.05) is 29.2 Å². The van der Waals surface area contributed by atoms with Crippen LogP contribution in [0.1, 0.15) is 34.8 Å². The average Bonchev–Trinajstić information content (AvgIpc) is 3.04. The quantitative estimate of drug-likeness (QED) is 0.869. The highest BCUT2D eigenvalue weighted by atomic mass is 16.5. The smallest absolute Gasteiger partial charge is 0.255 e. The second-order valence-electron chi connectivity index (χ2n) is 5.17. The molecular weight excluding hydrogens is 264 g/mol. The first-order chi connectivity index (χ1) is 10.3. The number of rotatable bonds is 3. The molecule has 2 aromatic rings. The molecule has 1 unspecified atom stereocenters. The molecule has 21 heavy (non-hydrogen) atoms. The van der Waals surface area contributed by atoms with Crippen LogP contribution in [-0.2, 0) is 0 Å². The summed E-state index contributed by atoms with van der Waals surface area (Å²) < 4.78 is 5.28. The third-order valence-electron chi connectivity index (χ3n) is 3.90. The minimum atomic E-state index is 0.0495. The van der Waals surface area contributed by atoms with Crippen molar-refractivity contribution in [2.45, 2.75) is 18.9 Å².